The fourth-order valence-electron chi connectivity index (χ4n) is 2.55. The lowest BCUT2D eigenvalue weighted by atomic mass is 9.93. The number of thioether (sulfide) groups is 1. The molecule has 0 aromatic heterocycles. The van der Waals surface area contributed by atoms with E-state index < -0.39 is 0 Å². The Morgan fingerprint density at radius 2 is 1.95 bits per heavy atom. The Labute approximate surface area is 154 Å². The summed E-state index contributed by atoms with van der Waals surface area (Å²) >= 11 is 1.96. The molecule has 2 atom stereocenters. The zero-order chi connectivity index (χ0) is 15.1. The van der Waals surface area contributed by atoms with Crippen LogP contribution in [0.2, 0.25) is 0 Å². The van der Waals surface area contributed by atoms with Gasteiger partial charge in [0.15, 0.2) is 5.96 Å². The highest BCUT2D eigenvalue weighted by molar-refractivity contribution is 14.0. The molecule has 1 saturated heterocycles. The van der Waals surface area contributed by atoms with Gasteiger partial charge < -0.3 is 15.7 Å². The molecule has 0 bridgehead atoms. The highest BCUT2D eigenvalue weighted by atomic mass is 127. The van der Waals surface area contributed by atoms with Crippen LogP contribution in [0.25, 0.3) is 0 Å². The van der Waals surface area contributed by atoms with Crippen molar-refractivity contribution in [1.82, 2.24) is 4.90 Å². The molecule has 4 nitrogen and oxygen atoms in total. The van der Waals surface area contributed by atoms with Crippen LogP contribution in [0.1, 0.15) is 24.8 Å². The Morgan fingerprint density at radius 1 is 1.32 bits per heavy atom. The fraction of sp³-hybridized carbons (Fsp3) is 0.562. The topological polar surface area (TPSA) is 61.9 Å². The molecule has 0 amide bonds. The predicted octanol–water partition coefficient (Wildman–Crippen LogP) is 2.52. The van der Waals surface area contributed by atoms with Crippen LogP contribution >= 0.6 is 35.7 Å². The smallest absolute Gasteiger partial charge is 0.191 e. The van der Waals surface area contributed by atoms with E-state index in [9.17, 15) is 5.11 Å². The molecule has 0 radical (unpaired) electrons. The number of halogens is 1. The highest BCUT2D eigenvalue weighted by Gasteiger charge is 2.16. The molecule has 0 spiro atoms. The lowest BCUT2D eigenvalue weighted by Gasteiger charge is -2.27. The third-order valence-electron chi connectivity index (χ3n) is 3.71. The van der Waals surface area contributed by atoms with Crippen molar-refractivity contribution in [3.63, 3.8) is 0 Å². The van der Waals surface area contributed by atoms with Crippen molar-refractivity contribution in [3.05, 3.63) is 35.9 Å². The summed E-state index contributed by atoms with van der Waals surface area (Å²) in [6, 6.07) is 10.2. The average molecular weight is 435 g/mol. The standard InChI is InChI=1S/C16H25N3OS.HI/c1-13(20)11-15(14-5-3-2-4-6-14)12-18-16(17)19-7-9-21-10-8-19;/h2-6,13,15,20H,7-12H2,1H3,(H2,17,18);1H. The Bertz CT molecular complexity index is 450. The van der Waals surface area contributed by atoms with Gasteiger partial charge >= 0.3 is 0 Å². The number of hydrogen-bond acceptors (Lipinski definition) is 3. The third kappa shape index (κ3) is 6.34. The van der Waals surface area contributed by atoms with E-state index in [0.717, 1.165) is 24.6 Å². The van der Waals surface area contributed by atoms with Gasteiger partial charge in [-0.3, -0.25) is 4.99 Å². The minimum absolute atomic E-state index is 0. The number of nitrogens with two attached hydrogens (primary N) is 1. The van der Waals surface area contributed by atoms with E-state index in [1.165, 1.54) is 5.56 Å². The Hall–Kier alpha value is -0.470. The lowest BCUT2D eigenvalue weighted by Crippen LogP contribution is -2.42. The molecular formula is C16H26IN3OS. The number of aliphatic imine (C=N–C) groups is 1. The van der Waals surface area contributed by atoms with Crippen LogP contribution in [-0.4, -0.2) is 53.2 Å². The first-order chi connectivity index (χ1) is 10.2. The molecule has 0 aliphatic carbocycles. The summed E-state index contributed by atoms with van der Waals surface area (Å²) in [5.74, 6) is 3.09. The van der Waals surface area contributed by atoms with E-state index in [-0.39, 0.29) is 36.0 Å². The zero-order valence-electron chi connectivity index (χ0n) is 13.0. The Morgan fingerprint density at radius 3 is 2.55 bits per heavy atom. The van der Waals surface area contributed by atoms with Gasteiger partial charge in [0.05, 0.1) is 6.10 Å². The van der Waals surface area contributed by atoms with E-state index in [1.807, 2.05) is 36.9 Å². The maximum Gasteiger partial charge on any atom is 0.191 e. The molecule has 1 aliphatic heterocycles. The van der Waals surface area contributed by atoms with Crippen LogP contribution in [0.3, 0.4) is 0 Å². The van der Waals surface area contributed by atoms with Crippen molar-refractivity contribution in [2.75, 3.05) is 31.1 Å². The van der Waals surface area contributed by atoms with Crippen LogP contribution in [-0.2, 0) is 0 Å². The van der Waals surface area contributed by atoms with E-state index in [2.05, 4.69) is 22.0 Å². The number of nitrogens with zero attached hydrogens (tertiary/aromatic N) is 2. The molecule has 1 heterocycles. The number of guanidine groups is 1. The maximum atomic E-state index is 9.71. The minimum Gasteiger partial charge on any atom is -0.393 e. The summed E-state index contributed by atoms with van der Waals surface area (Å²) in [5.41, 5.74) is 7.32. The third-order valence-corrected chi connectivity index (χ3v) is 4.65. The highest BCUT2D eigenvalue weighted by Crippen LogP contribution is 2.22. The summed E-state index contributed by atoms with van der Waals surface area (Å²) in [5, 5.41) is 9.71. The SMILES string of the molecule is CC(O)CC(CN=C(N)N1CCSCC1)c1ccccc1.I. The number of aliphatic hydroxyl groups excluding tert-OH is 1. The maximum absolute atomic E-state index is 9.71. The van der Waals surface area contributed by atoms with Gasteiger partial charge in [-0.05, 0) is 18.9 Å². The molecule has 124 valence electrons. The van der Waals surface area contributed by atoms with Gasteiger partial charge in [-0.2, -0.15) is 11.8 Å². The second-order valence-electron chi connectivity index (χ2n) is 5.49. The molecule has 2 unspecified atom stereocenters. The van der Waals surface area contributed by atoms with Crippen LogP contribution in [0.4, 0.5) is 0 Å². The van der Waals surface area contributed by atoms with Crippen LogP contribution in [0.5, 0.6) is 0 Å². The summed E-state index contributed by atoms with van der Waals surface area (Å²) in [6.45, 7) is 4.41. The molecule has 3 N–H and O–H groups in total. The first-order valence-corrected chi connectivity index (χ1v) is 8.68. The van der Waals surface area contributed by atoms with Crippen molar-refractivity contribution in [1.29, 1.82) is 0 Å². The van der Waals surface area contributed by atoms with Crippen molar-refractivity contribution in [2.45, 2.75) is 25.4 Å². The molecule has 1 aromatic rings. The van der Waals surface area contributed by atoms with Crippen molar-refractivity contribution >= 4 is 41.7 Å². The van der Waals surface area contributed by atoms with Gasteiger partial charge in [0.25, 0.3) is 0 Å². The molecule has 1 aromatic carbocycles. The monoisotopic (exact) mass is 435 g/mol. The molecule has 1 fully saturated rings. The second-order valence-corrected chi connectivity index (χ2v) is 6.72. The van der Waals surface area contributed by atoms with Crippen LogP contribution in [0.15, 0.2) is 35.3 Å². The van der Waals surface area contributed by atoms with E-state index in [4.69, 9.17) is 5.73 Å². The fourth-order valence-corrected chi connectivity index (χ4v) is 3.45. The first-order valence-electron chi connectivity index (χ1n) is 7.52. The first kappa shape index (κ1) is 19.6. The van der Waals surface area contributed by atoms with Crippen molar-refractivity contribution in [3.8, 4) is 0 Å². The van der Waals surface area contributed by atoms with Crippen LogP contribution < -0.4 is 5.73 Å². The van der Waals surface area contributed by atoms with Gasteiger partial charge in [0.2, 0.25) is 0 Å². The minimum atomic E-state index is -0.335. The second kappa shape index (κ2) is 10.3. The van der Waals surface area contributed by atoms with E-state index in [1.54, 1.807) is 0 Å². The molecule has 22 heavy (non-hydrogen) atoms. The Kier molecular flexibility index (Phi) is 9.19. The van der Waals surface area contributed by atoms with Gasteiger partial charge in [-0.15, -0.1) is 24.0 Å². The average Bonchev–Trinajstić information content (AvgIpc) is 2.52. The summed E-state index contributed by atoms with van der Waals surface area (Å²) in [6.07, 6.45) is 0.370. The van der Waals surface area contributed by atoms with Gasteiger partial charge in [-0.1, -0.05) is 30.3 Å². The van der Waals surface area contributed by atoms with Crippen LogP contribution in [0, 0.1) is 0 Å². The predicted molar refractivity (Wildman–Crippen MR) is 106 cm³/mol. The molecule has 0 saturated carbocycles. The Balaban J connectivity index is 0.00000242. The molecule has 2 rings (SSSR count). The van der Waals surface area contributed by atoms with Gasteiger partial charge in [0.1, 0.15) is 0 Å². The quantitative estimate of drug-likeness (QED) is 0.424. The molecule has 6 heteroatoms. The van der Waals surface area contributed by atoms with Gasteiger partial charge in [0, 0.05) is 37.1 Å². The number of rotatable bonds is 5. The molecule has 1 aliphatic rings. The van der Waals surface area contributed by atoms with Crippen molar-refractivity contribution < 1.29 is 5.11 Å². The summed E-state index contributed by atoms with van der Waals surface area (Å²) in [4.78, 5) is 6.73. The zero-order valence-corrected chi connectivity index (χ0v) is 16.2. The summed E-state index contributed by atoms with van der Waals surface area (Å²) < 4.78 is 0. The summed E-state index contributed by atoms with van der Waals surface area (Å²) in [7, 11) is 0. The number of hydrogen-bond donors (Lipinski definition) is 2. The number of benzene rings is 1. The normalized spacial score (nSPS) is 18.5. The van der Waals surface area contributed by atoms with Gasteiger partial charge in [-0.25, -0.2) is 0 Å². The largest absolute Gasteiger partial charge is 0.393 e. The van der Waals surface area contributed by atoms with E-state index >= 15 is 0 Å². The van der Waals surface area contributed by atoms with Crippen molar-refractivity contribution in [2.24, 2.45) is 10.7 Å². The lowest BCUT2D eigenvalue weighted by molar-refractivity contribution is 0.175. The molecular weight excluding hydrogens is 409 g/mol. The number of aliphatic hydroxyl groups is 1. The van der Waals surface area contributed by atoms with E-state index in [0.29, 0.717) is 18.9 Å².